The zero-order valence-electron chi connectivity index (χ0n) is 11.9. The van der Waals surface area contributed by atoms with E-state index in [0.29, 0.717) is 0 Å². The number of hydrogen-bond acceptors (Lipinski definition) is 1. The summed E-state index contributed by atoms with van der Waals surface area (Å²) in [5, 5.41) is 6.50. The van der Waals surface area contributed by atoms with Crippen LogP contribution in [-0.2, 0) is 0 Å². The highest BCUT2D eigenvalue weighted by Gasteiger charge is 2.19. The maximum atomic E-state index is 4.62. The summed E-state index contributed by atoms with van der Waals surface area (Å²) in [7, 11) is 0. The van der Waals surface area contributed by atoms with Crippen molar-refractivity contribution in [2.45, 2.75) is 48.0 Å². The molecule has 16 heavy (non-hydrogen) atoms. The minimum Gasteiger partial charge on any atom is -0.357 e. The smallest absolute Gasteiger partial charge is 0.191 e. The van der Waals surface area contributed by atoms with Crippen LogP contribution in [0.3, 0.4) is 0 Å². The molecule has 0 rings (SSSR count). The fraction of sp³-hybridized carbons (Fsp3) is 0.923. The predicted molar refractivity (Wildman–Crippen MR) is 72.9 cm³/mol. The van der Waals surface area contributed by atoms with Crippen LogP contribution >= 0.6 is 0 Å². The van der Waals surface area contributed by atoms with E-state index < -0.39 is 0 Å². The van der Waals surface area contributed by atoms with Crippen molar-refractivity contribution in [1.82, 2.24) is 10.6 Å². The van der Waals surface area contributed by atoms with Gasteiger partial charge in [0, 0.05) is 19.6 Å². The van der Waals surface area contributed by atoms with Gasteiger partial charge in [-0.3, -0.25) is 4.99 Å². The Kier molecular flexibility index (Phi) is 7.18. The molecule has 0 aliphatic carbocycles. The van der Waals surface area contributed by atoms with Crippen molar-refractivity contribution >= 4 is 5.96 Å². The standard InChI is InChI=1S/C13H29N3/c1-7-14-12(15-8-2)16-10-13(5,6)9-11(3)4/h11H,7-10H2,1-6H3,(H2,14,15,16). The quantitative estimate of drug-likeness (QED) is 0.540. The van der Waals surface area contributed by atoms with Gasteiger partial charge in [-0.1, -0.05) is 27.7 Å². The van der Waals surface area contributed by atoms with Crippen LogP contribution in [0.25, 0.3) is 0 Å². The van der Waals surface area contributed by atoms with Gasteiger partial charge in [-0.15, -0.1) is 0 Å². The Morgan fingerprint density at radius 3 is 2.00 bits per heavy atom. The average molecular weight is 227 g/mol. The second-order valence-electron chi connectivity index (χ2n) is 5.49. The van der Waals surface area contributed by atoms with Crippen LogP contribution in [0.2, 0.25) is 0 Å². The highest BCUT2D eigenvalue weighted by atomic mass is 15.2. The number of rotatable bonds is 6. The lowest BCUT2D eigenvalue weighted by molar-refractivity contribution is 0.298. The zero-order chi connectivity index (χ0) is 12.6. The molecule has 0 fully saturated rings. The van der Waals surface area contributed by atoms with E-state index in [0.717, 1.165) is 31.5 Å². The maximum absolute atomic E-state index is 4.62. The Morgan fingerprint density at radius 2 is 1.62 bits per heavy atom. The minimum atomic E-state index is 0.282. The fourth-order valence-electron chi connectivity index (χ4n) is 1.97. The van der Waals surface area contributed by atoms with Gasteiger partial charge in [-0.05, 0) is 31.6 Å². The van der Waals surface area contributed by atoms with Crippen molar-refractivity contribution in [2.24, 2.45) is 16.3 Å². The molecule has 2 N–H and O–H groups in total. The predicted octanol–water partition coefficient (Wildman–Crippen LogP) is 2.63. The van der Waals surface area contributed by atoms with Crippen LogP contribution in [0, 0.1) is 11.3 Å². The summed E-state index contributed by atoms with van der Waals surface area (Å²) in [6.07, 6.45) is 1.21. The lowest BCUT2D eigenvalue weighted by atomic mass is 9.84. The molecule has 0 aromatic heterocycles. The normalized spacial score (nSPS) is 11.4. The third-order valence-electron chi connectivity index (χ3n) is 2.31. The SMILES string of the molecule is CCNC(=NCC(C)(C)CC(C)C)NCC. The van der Waals surface area contributed by atoms with E-state index in [4.69, 9.17) is 0 Å². The molecule has 0 bridgehead atoms. The number of aliphatic imine (C=N–C) groups is 1. The summed E-state index contributed by atoms with van der Waals surface area (Å²) in [5.74, 6) is 1.66. The summed E-state index contributed by atoms with van der Waals surface area (Å²) in [6.45, 7) is 16.0. The number of guanidine groups is 1. The molecule has 0 unspecified atom stereocenters. The van der Waals surface area contributed by atoms with Crippen LogP contribution in [0.1, 0.15) is 48.0 Å². The van der Waals surface area contributed by atoms with Crippen molar-refractivity contribution < 1.29 is 0 Å². The highest BCUT2D eigenvalue weighted by Crippen LogP contribution is 2.25. The van der Waals surface area contributed by atoms with Crippen LogP contribution in [0.15, 0.2) is 4.99 Å². The lowest BCUT2D eigenvalue weighted by Gasteiger charge is -2.25. The molecule has 0 aromatic carbocycles. The monoisotopic (exact) mass is 227 g/mol. The van der Waals surface area contributed by atoms with Crippen molar-refractivity contribution in [3.05, 3.63) is 0 Å². The van der Waals surface area contributed by atoms with Gasteiger partial charge in [0.15, 0.2) is 5.96 Å². The number of nitrogens with one attached hydrogen (secondary N) is 2. The Morgan fingerprint density at radius 1 is 1.12 bits per heavy atom. The van der Waals surface area contributed by atoms with E-state index >= 15 is 0 Å². The van der Waals surface area contributed by atoms with Gasteiger partial charge < -0.3 is 10.6 Å². The molecule has 0 radical (unpaired) electrons. The van der Waals surface area contributed by atoms with Crippen LogP contribution in [0.4, 0.5) is 0 Å². The Balaban J connectivity index is 4.27. The average Bonchev–Trinajstić information content (AvgIpc) is 2.13. The van der Waals surface area contributed by atoms with Crippen LogP contribution in [0.5, 0.6) is 0 Å². The zero-order valence-corrected chi connectivity index (χ0v) is 11.9. The summed E-state index contributed by atoms with van der Waals surface area (Å²) in [6, 6.07) is 0. The van der Waals surface area contributed by atoms with E-state index in [9.17, 15) is 0 Å². The molecule has 0 amide bonds. The molecule has 0 saturated carbocycles. The number of hydrogen-bond donors (Lipinski definition) is 2. The minimum absolute atomic E-state index is 0.282. The molecule has 0 spiro atoms. The topological polar surface area (TPSA) is 36.4 Å². The summed E-state index contributed by atoms with van der Waals surface area (Å²) in [5.41, 5.74) is 0.282. The molecule has 0 aliphatic heterocycles. The Hall–Kier alpha value is -0.730. The van der Waals surface area contributed by atoms with Gasteiger partial charge in [0.2, 0.25) is 0 Å². The lowest BCUT2D eigenvalue weighted by Crippen LogP contribution is -2.38. The largest absolute Gasteiger partial charge is 0.357 e. The van der Waals surface area contributed by atoms with Gasteiger partial charge >= 0.3 is 0 Å². The highest BCUT2D eigenvalue weighted by molar-refractivity contribution is 5.79. The Bertz CT molecular complexity index is 199. The maximum Gasteiger partial charge on any atom is 0.191 e. The van der Waals surface area contributed by atoms with Crippen molar-refractivity contribution in [3.8, 4) is 0 Å². The second kappa shape index (κ2) is 7.53. The van der Waals surface area contributed by atoms with E-state index in [1.807, 2.05) is 0 Å². The first-order chi connectivity index (χ1) is 7.41. The van der Waals surface area contributed by atoms with Crippen molar-refractivity contribution in [2.75, 3.05) is 19.6 Å². The second-order valence-corrected chi connectivity index (χ2v) is 5.49. The molecule has 3 heteroatoms. The van der Waals surface area contributed by atoms with Gasteiger partial charge in [-0.2, -0.15) is 0 Å². The summed E-state index contributed by atoms with van der Waals surface area (Å²) < 4.78 is 0. The van der Waals surface area contributed by atoms with E-state index in [1.165, 1.54) is 6.42 Å². The van der Waals surface area contributed by atoms with Gasteiger partial charge in [0.25, 0.3) is 0 Å². The molecule has 3 nitrogen and oxygen atoms in total. The van der Waals surface area contributed by atoms with Crippen molar-refractivity contribution in [1.29, 1.82) is 0 Å². The van der Waals surface area contributed by atoms with Crippen LogP contribution in [-0.4, -0.2) is 25.6 Å². The molecule has 0 atom stereocenters. The molecule has 96 valence electrons. The summed E-state index contributed by atoms with van der Waals surface area (Å²) in [4.78, 5) is 4.62. The van der Waals surface area contributed by atoms with E-state index in [2.05, 4.69) is 57.2 Å². The molecule has 0 saturated heterocycles. The van der Waals surface area contributed by atoms with Gasteiger partial charge in [0.1, 0.15) is 0 Å². The molecular weight excluding hydrogens is 198 g/mol. The van der Waals surface area contributed by atoms with Gasteiger partial charge in [-0.25, -0.2) is 0 Å². The van der Waals surface area contributed by atoms with Crippen LogP contribution < -0.4 is 10.6 Å². The fourth-order valence-corrected chi connectivity index (χ4v) is 1.97. The van der Waals surface area contributed by atoms with E-state index in [-0.39, 0.29) is 5.41 Å². The number of nitrogens with zero attached hydrogens (tertiary/aromatic N) is 1. The molecular formula is C13H29N3. The molecule has 0 aromatic rings. The molecule has 0 aliphatic rings. The first-order valence-corrected chi connectivity index (χ1v) is 6.43. The first-order valence-electron chi connectivity index (χ1n) is 6.43. The third kappa shape index (κ3) is 7.55. The van der Waals surface area contributed by atoms with E-state index in [1.54, 1.807) is 0 Å². The molecule has 0 heterocycles. The van der Waals surface area contributed by atoms with Crippen molar-refractivity contribution in [3.63, 3.8) is 0 Å². The summed E-state index contributed by atoms with van der Waals surface area (Å²) >= 11 is 0. The first kappa shape index (κ1) is 15.3. The third-order valence-corrected chi connectivity index (χ3v) is 2.31. The Labute approximate surface area is 101 Å². The van der Waals surface area contributed by atoms with Gasteiger partial charge in [0.05, 0.1) is 0 Å².